The van der Waals surface area contributed by atoms with E-state index in [0.717, 1.165) is 5.56 Å². The molecule has 0 bridgehead atoms. The summed E-state index contributed by atoms with van der Waals surface area (Å²) in [4.78, 5) is 24.3. The Labute approximate surface area is 129 Å². The highest BCUT2D eigenvalue weighted by Gasteiger charge is 2.37. The quantitative estimate of drug-likeness (QED) is 0.628. The molecule has 0 aromatic heterocycles. The van der Waals surface area contributed by atoms with Crippen LogP contribution in [-0.4, -0.2) is 18.4 Å². The Bertz CT molecular complexity index is 649. The van der Waals surface area contributed by atoms with Gasteiger partial charge in [0, 0.05) is 17.9 Å². The summed E-state index contributed by atoms with van der Waals surface area (Å²) < 4.78 is 5.20. The van der Waals surface area contributed by atoms with Crippen LogP contribution < -0.4 is 0 Å². The number of cyclic esters (lactones) is 1. The molecular formula is C19H18O3. The lowest BCUT2D eigenvalue weighted by Gasteiger charge is -2.14. The first-order valence-corrected chi connectivity index (χ1v) is 7.53. The first-order chi connectivity index (χ1) is 10.7. The second kappa shape index (κ2) is 6.56. The fourth-order valence-corrected chi connectivity index (χ4v) is 2.90. The first-order valence-electron chi connectivity index (χ1n) is 7.53. The predicted octanol–water partition coefficient (Wildman–Crippen LogP) is 3.29. The van der Waals surface area contributed by atoms with Crippen molar-refractivity contribution in [3.8, 4) is 0 Å². The van der Waals surface area contributed by atoms with Crippen LogP contribution in [-0.2, 0) is 16.0 Å². The van der Waals surface area contributed by atoms with Gasteiger partial charge in [0.2, 0.25) is 0 Å². The molecule has 3 nitrogen and oxygen atoms in total. The molecule has 22 heavy (non-hydrogen) atoms. The third-order valence-electron chi connectivity index (χ3n) is 4.15. The summed E-state index contributed by atoms with van der Waals surface area (Å²) in [5.41, 5.74) is 1.80. The molecule has 3 heteroatoms. The third-order valence-corrected chi connectivity index (χ3v) is 4.15. The number of benzene rings is 2. The van der Waals surface area contributed by atoms with Gasteiger partial charge in [0.15, 0.2) is 5.78 Å². The summed E-state index contributed by atoms with van der Waals surface area (Å²) in [5.74, 6) is -0.382. The Morgan fingerprint density at radius 3 is 2.32 bits per heavy atom. The largest absolute Gasteiger partial charge is 0.465 e. The summed E-state index contributed by atoms with van der Waals surface area (Å²) in [6.45, 7) is 0.342. The zero-order chi connectivity index (χ0) is 15.4. The number of ether oxygens (including phenoxy) is 1. The Morgan fingerprint density at radius 2 is 1.64 bits per heavy atom. The standard InChI is InChI=1S/C19H18O3/c20-18(15-9-5-2-6-10-15)12-16-13-22-19(21)17(16)11-14-7-3-1-4-8-14/h1-10,16-17H,11-13H2/t16-,17-/m1/s1. The van der Waals surface area contributed by atoms with Gasteiger partial charge in [-0.2, -0.15) is 0 Å². The number of rotatable bonds is 5. The van der Waals surface area contributed by atoms with Crippen LogP contribution in [0, 0.1) is 11.8 Å². The lowest BCUT2D eigenvalue weighted by molar-refractivity contribution is -0.141. The summed E-state index contributed by atoms with van der Waals surface area (Å²) in [6.07, 6.45) is 0.986. The summed E-state index contributed by atoms with van der Waals surface area (Å²) >= 11 is 0. The van der Waals surface area contributed by atoms with E-state index in [4.69, 9.17) is 4.74 Å². The van der Waals surface area contributed by atoms with Crippen LogP contribution >= 0.6 is 0 Å². The number of hydrogen-bond donors (Lipinski definition) is 0. The molecule has 0 saturated carbocycles. The van der Waals surface area contributed by atoms with Gasteiger partial charge in [-0.3, -0.25) is 9.59 Å². The number of carbonyl (C=O) groups excluding carboxylic acids is 2. The lowest BCUT2D eigenvalue weighted by Crippen LogP contribution is -2.21. The molecule has 1 saturated heterocycles. The highest BCUT2D eigenvalue weighted by molar-refractivity contribution is 5.96. The van der Waals surface area contributed by atoms with Crippen LogP contribution in [0.5, 0.6) is 0 Å². The first kappa shape index (κ1) is 14.5. The van der Waals surface area contributed by atoms with Crippen molar-refractivity contribution >= 4 is 11.8 Å². The molecule has 112 valence electrons. The second-order valence-corrected chi connectivity index (χ2v) is 5.68. The van der Waals surface area contributed by atoms with E-state index in [1.54, 1.807) is 0 Å². The number of carbonyl (C=O) groups is 2. The minimum Gasteiger partial charge on any atom is -0.465 e. The van der Waals surface area contributed by atoms with Gasteiger partial charge in [-0.05, 0) is 12.0 Å². The van der Waals surface area contributed by atoms with Crippen molar-refractivity contribution in [3.05, 3.63) is 71.8 Å². The van der Waals surface area contributed by atoms with Crippen molar-refractivity contribution in [2.24, 2.45) is 11.8 Å². The van der Waals surface area contributed by atoms with E-state index < -0.39 is 0 Å². The summed E-state index contributed by atoms with van der Waals surface area (Å²) in [5, 5.41) is 0. The van der Waals surface area contributed by atoms with Crippen molar-refractivity contribution in [1.82, 2.24) is 0 Å². The molecule has 0 spiro atoms. The molecule has 0 radical (unpaired) electrons. The predicted molar refractivity (Wildman–Crippen MR) is 83.5 cm³/mol. The average molecular weight is 294 g/mol. The number of ketones is 1. The maximum atomic E-state index is 12.3. The van der Waals surface area contributed by atoms with Crippen LogP contribution in [0.4, 0.5) is 0 Å². The number of hydrogen-bond acceptors (Lipinski definition) is 3. The zero-order valence-corrected chi connectivity index (χ0v) is 12.3. The molecule has 0 aliphatic carbocycles. The second-order valence-electron chi connectivity index (χ2n) is 5.68. The van der Waals surface area contributed by atoms with Gasteiger partial charge in [-0.1, -0.05) is 60.7 Å². The average Bonchev–Trinajstić information content (AvgIpc) is 2.90. The molecular weight excluding hydrogens is 276 g/mol. The van der Waals surface area contributed by atoms with Crippen LogP contribution in [0.25, 0.3) is 0 Å². The van der Waals surface area contributed by atoms with E-state index >= 15 is 0 Å². The van der Waals surface area contributed by atoms with Crippen LogP contribution in [0.15, 0.2) is 60.7 Å². The molecule has 1 aliphatic heterocycles. The van der Waals surface area contributed by atoms with Crippen LogP contribution in [0.3, 0.4) is 0 Å². The number of esters is 1. The van der Waals surface area contributed by atoms with Crippen molar-refractivity contribution in [3.63, 3.8) is 0 Å². The van der Waals surface area contributed by atoms with E-state index in [0.29, 0.717) is 25.0 Å². The van der Waals surface area contributed by atoms with Crippen molar-refractivity contribution in [1.29, 1.82) is 0 Å². The Kier molecular flexibility index (Phi) is 4.33. The van der Waals surface area contributed by atoms with Gasteiger partial charge in [-0.25, -0.2) is 0 Å². The molecule has 0 amide bonds. The van der Waals surface area contributed by atoms with E-state index in [2.05, 4.69) is 0 Å². The molecule has 2 aromatic carbocycles. The Hall–Kier alpha value is -2.42. The van der Waals surface area contributed by atoms with E-state index in [1.165, 1.54) is 0 Å². The fraction of sp³-hybridized carbons (Fsp3) is 0.263. The summed E-state index contributed by atoms with van der Waals surface area (Å²) in [6, 6.07) is 19.1. The van der Waals surface area contributed by atoms with Gasteiger partial charge in [0.25, 0.3) is 0 Å². The van der Waals surface area contributed by atoms with Crippen LogP contribution in [0.2, 0.25) is 0 Å². The Balaban J connectivity index is 1.70. The van der Waals surface area contributed by atoms with Gasteiger partial charge < -0.3 is 4.74 Å². The minimum absolute atomic E-state index is 0.0413. The monoisotopic (exact) mass is 294 g/mol. The summed E-state index contributed by atoms with van der Waals surface area (Å²) in [7, 11) is 0. The maximum absolute atomic E-state index is 12.3. The van der Waals surface area contributed by atoms with Gasteiger partial charge in [0.05, 0.1) is 12.5 Å². The van der Waals surface area contributed by atoms with Crippen molar-refractivity contribution < 1.29 is 14.3 Å². The van der Waals surface area contributed by atoms with Gasteiger partial charge >= 0.3 is 5.97 Å². The van der Waals surface area contributed by atoms with Gasteiger partial charge in [0.1, 0.15) is 0 Å². The lowest BCUT2D eigenvalue weighted by atomic mass is 9.85. The Morgan fingerprint density at radius 1 is 1.00 bits per heavy atom. The molecule has 2 atom stereocenters. The SMILES string of the molecule is O=C(C[C@@H]1COC(=O)[C@@H]1Cc1ccccc1)c1ccccc1. The highest BCUT2D eigenvalue weighted by Crippen LogP contribution is 2.29. The van der Waals surface area contributed by atoms with E-state index in [-0.39, 0.29) is 23.6 Å². The topological polar surface area (TPSA) is 43.4 Å². The molecule has 0 unspecified atom stereocenters. The van der Waals surface area contributed by atoms with Crippen molar-refractivity contribution in [2.45, 2.75) is 12.8 Å². The van der Waals surface area contributed by atoms with Crippen molar-refractivity contribution in [2.75, 3.05) is 6.61 Å². The molecule has 2 aromatic rings. The maximum Gasteiger partial charge on any atom is 0.309 e. The molecule has 1 heterocycles. The third kappa shape index (κ3) is 3.25. The fourth-order valence-electron chi connectivity index (χ4n) is 2.90. The highest BCUT2D eigenvalue weighted by atomic mass is 16.5. The minimum atomic E-state index is -0.227. The molecule has 3 rings (SSSR count). The molecule has 1 aliphatic rings. The zero-order valence-electron chi connectivity index (χ0n) is 12.3. The smallest absolute Gasteiger partial charge is 0.309 e. The normalized spacial score (nSPS) is 20.6. The van der Waals surface area contributed by atoms with E-state index in [9.17, 15) is 9.59 Å². The van der Waals surface area contributed by atoms with Gasteiger partial charge in [-0.15, -0.1) is 0 Å². The molecule has 1 fully saturated rings. The van der Waals surface area contributed by atoms with Crippen LogP contribution in [0.1, 0.15) is 22.3 Å². The molecule has 0 N–H and O–H groups in total. The van der Waals surface area contributed by atoms with E-state index in [1.807, 2.05) is 60.7 Å². The number of Topliss-reactive ketones (excluding diaryl/α,β-unsaturated/α-hetero) is 1.